The van der Waals surface area contributed by atoms with Crippen LogP contribution in [0.4, 0.5) is 0 Å². The van der Waals surface area contributed by atoms with Gasteiger partial charge in [-0.1, -0.05) is 36.4 Å². The molecule has 0 saturated heterocycles. The Hall–Kier alpha value is -2.98. The number of aryl methyl sites for hydroxylation is 1. The molecule has 0 aliphatic heterocycles. The molecular weight excluding hydrogens is 525 g/mol. The molecule has 6 nitrogen and oxygen atoms in total. The van der Waals surface area contributed by atoms with E-state index in [1.54, 1.807) is 36.4 Å². The summed E-state index contributed by atoms with van der Waals surface area (Å²) in [6.07, 6.45) is 0. The Morgan fingerprint density at radius 2 is 1.58 bits per heavy atom. The molecule has 3 aromatic rings. The van der Waals surface area contributed by atoms with Gasteiger partial charge in [-0.2, -0.15) is 0 Å². The fourth-order valence-electron chi connectivity index (χ4n) is 2.57. The van der Waals surface area contributed by atoms with Gasteiger partial charge in [-0.3, -0.25) is 25.8 Å². The molecule has 0 spiro atoms. The first-order valence-electron chi connectivity index (χ1n) is 9.37. The zero-order valence-corrected chi connectivity index (χ0v) is 19.6. The van der Waals surface area contributed by atoms with Crippen LogP contribution in [0.1, 0.15) is 31.8 Å². The normalized spacial score (nSPS) is 10.1. The van der Waals surface area contributed by atoms with Gasteiger partial charge in [0.15, 0.2) is 5.11 Å². The van der Waals surface area contributed by atoms with Crippen molar-refractivity contribution in [2.24, 2.45) is 0 Å². The summed E-state index contributed by atoms with van der Waals surface area (Å²) in [4.78, 5) is 24.6. The van der Waals surface area contributed by atoms with Gasteiger partial charge in [0.1, 0.15) is 12.4 Å². The molecule has 0 saturated carbocycles. The maximum atomic E-state index is 12.3. The van der Waals surface area contributed by atoms with Crippen molar-refractivity contribution in [1.82, 2.24) is 16.2 Å². The van der Waals surface area contributed by atoms with Crippen molar-refractivity contribution in [3.63, 3.8) is 0 Å². The monoisotopic (exact) mass is 545 g/mol. The van der Waals surface area contributed by atoms with Crippen molar-refractivity contribution >= 4 is 51.7 Å². The van der Waals surface area contributed by atoms with Crippen molar-refractivity contribution in [3.05, 3.63) is 98.6 Å². The van der Waals surface area contributed by atoms with Crippen LogP contribution in [0.5, 0.6) is 5.75 Å². The van der Waals surface area contributed by atoms with Gasteiger partial charge in [-0.15, -0.1) is 0 Å². The number of amides is 2. The predicted octanol–water partition coefficient (Wildman–Crippen LogP) is 4.13. The zero-order chi connectivity index (χ0) is 22.2. The Bertz CT molecular complexity index is 1090. The molecule has 3 aromatic carbocycles. The molecule has 0 radical (unpaired) electrons. The lowest BCUT2D eigenvalue weighted by molar-refractivity contribution is 0.0934. The number of hydrogen-bond donors (Lipinski definition) is 3. The van der Waals surface area contributed by atoms with Crippen LogP contribution in [-0.4, -0.2) is 16.9 Å². The molecule has 0 bridgehead atoms. The number of carbonyl (C=O) groups excluding carboxylic acids is 2. The number of nitrogens with one attached hydrogen (secondary N) is 3. The summed E-state index contributed by atoms with van der Waals surface area (Å²) in [6, 6.07) is 21.9. The fraction of sp³-hybridized carbons (Fsp3) is 0.0870. The minimum absolute atomic E-state index is 0.00301. The lowest BCUT2D eigenvalue weighted by Crippen LogP contribution is -2.48. The molecule has 0 atom stereocenters. The van der Waals surface area contributed by atoms with E-state index in [-0.39, 0.29) is 11.0 Å². The van der Waals surface area contributed by atoms with Crippen LogP contribution in [0.15, 0.2) is 72.8 Å². The summed E-state index contributed by atoms with van der Waals surface area (Å²) in [5.41, 5.74) is 8.05. The highest BCUT2D eigenvalue weighted by Crippen LogP contribution is 2.15. The number of hydrazine groups is 1. The first-order chi connectivity index (χ1) is 14.9. The van der Waals surface area contributed by atoms with E-state index < -0.39 is 5.91 Å². The molecule has 0 aliphatic carbocycles. The number of thiocarbonyl (C=S) groups is 1. The van der Waals surface area contributed by atoms with E-state index in [9.17, 15) is 9.59 Å². The first-order valence-corrected chi connectivity index (χ1v) is 10.9. The summed E-state index contributed by atoms with van der Waals surface area (Å²) >= 11 is 7.24. The maximum Gasteiger partial charge on any atom is 0.269 e. The predicted molar refractivity (Wildman–Crippen MR) is 132 cm³/mol. The summed E-state index contributed by atoms with van der Waals surface area (Å²) in [5, 5.41) is 2.53. The summed E-state index contributed by atoms with van der Waals surface area (Å²) in [5.74, 6) is -0.0930. The molecule has 3 rings (SSSR count). The second-order valence-corrected chi connectivity index (χ2v) is 8.20. The molecule has 158 valence electrons. The van der Waals surface area contributed by atoms with Gasteiger partial charge in [-0.05, 0) is 89.3 Å². The van der Waals surface area contributed by atoms with Crippen LogP contribution >= 0.6 is 34.8 Å². The van der Waals surface area contributed by atoms with Crippen molar-refractivity contribution in [2.75, 3.05) is 0 Å². The number of benzene rings is 3. The third-order valence-electron chi connectivity index (χ3n) is 4.32. The van der Waals surface area contributed by atoms with Crippen LogP contribution < -0.4 is 20.9 Å². The molecule has 31 heavy (non-hydrogen) atoms. The van der Waals surface area contributed by atoms with E-state index in [1.165, 1.54) is 0 Å². The maximum absolute atomic E-state index is 12.3. The van der Waals surface area contributed by atoms with Crippen molar-refractivity contribution in [1.29, 1.82) is 0 Å². The smallest absolute Gasteiger partial charge is 0.269 e. The molecule has 0 unspecified atom stereocenters. The lowest BCUT2D eigenvalue weighted by Gasteiger charge is -2.12. The van der Waals surface area contributed by atoms with Gasteiger partial charge in [-0.25, -0.2) is 0 Å². The van der Waals surface area contributed by atoms with Gasteiger partial charge in [0.05, 0.1) is 0 Å². The van der Waals surface area contributed by atoms with Gasteiger partial charge < -0.3 is 4.74 Å². The average Bonchev–Trinajstić information content (AvgIpc) is 2.79. The van der Waals surface area contributed by atoms with Crippen LogP contribution in [-0.2, 0) is 6.61 Å². The number of ether oxygens (including phenoxy) is 1. The Morgan fingerprint density at radius 1 is 0.903 bits per heavy atom. The van der Waals surface area contributed by atoms with E-state index in [2.05, 4.69) is 38.8 Å². The molecule has 0 aliphatic rings. The highest BCUT2D eigenvalue weighted by molar-refractivity contribution is 14.1. The molecular formula is C23H20IN3O3S. The Kier molecular flexibility index (Phi) is 7.96. The van der Waals surface area contributed by atoms with Crippen molar-refractivity contribution in [3.8, 4) is 5.75 Å². The average molecular weight is 545 g/mol. The second-order valence-electron chi connectivity index (χ2n) is 6.62. The van der Waals surface area contributed by atoms with Crippen LogP contribution in [0, 0.1) is 10.5 Å². The third kappa shape index (κ3) is 6.76. The number of rotatable bonds is 5. The Morgan fingerprint density at radius 3 is 2.26 bits per heavy atom. The topological polar surface area (TPSA) is 79.5 Å². The number of carbonyl (C=O) groups is 2. The highest BCUT2D eigenvalue weighted by Gasteiger charge is 2.11. The van der Waals surface area contributed by atoms with Gasteiger partial charge >= 0.3 is 0 Å². The lowest BCUT2D eigenvalue weighted by atomic mass is 10.1. The fourth-order valence-corrected chi connectivity index (χ4v) is 3.23. The summed E-state index contributed by atoms with van der Waals surface area (Å²) in [6.45, 7) is 2.41. The third-order valence-corrected chi connectivity index (χ3v) is 5.68. The van der Waals surface area contributed by atoms with Gasteiger partial charge in [0.2, 0.25) is 0 Å². The molecule has 2 amide bonds. The van der Waals surface area contributed by atoms with Crippen molar-refractivity contribution in [2.45, 2.75) is 13.5 Å². The van der Waals surface area contributed by atoms with Crippen molar-refractivity contribution < 1.29 is 14.3 Å². The Balaban J connectivity index is 1.46. The minimum atomic E-state index is -0.393. The Labute approximate surface area is 199 Å². The van der Waals surface area contributed by atoms with Crippen LogP contribution in [0.25, 0.3) is 0 Å². The first kappa shape index (κ1) is 22.7. The zero-order valence-electron chi connectivity index (χ0n) is 16.6. The van der Waals surface area contributed by atoms with E-state index in [4.69, 9.17) is 17.0 Å². The molecule has 0 fully saturated rings. The second kappa shape index (κ2) is 10.9. The van der Waals surface area contributed by atoms with Crippen LogP contribution in [0.2, 0.25) is 0 Å². The van der Waals surface area contributed by atoms with Gasteiger partial charge in [0, 0.05) is 14.7 Å². The van der Waals surface area contributed by atoms with E-state index in [1.807, 2.05) is 43.3 Å². The SMILES string of the molecule is Cc1ccc(C(=O)NC(=S)NNC(=O)c2ccc(OCc3ccccc3)cc2)cc1I. The standard InChI is InChI=1S/C23H20IN3O3S/c1-15-7-8-18(13-20(15)24)21(28)25-23(31)27-26-22(29)17-9-11-19(12-10-17)30-14-16-5-3-2-4-6-16/h2-13H,14H2,1H3,(H,26,29)(H2,25,27,28,31). The molecule has 3 N–H and O–H groups in total. The summed E-state index contributed by atoms with van der Waals surface area (Å²) < 4.78 is 6.69. The summed E-state index contributed by atoms with van der Waals surface area (Å²) in [7, 11) is 0. The van der Waals surface area contributed by atoms with E-state index in [0.29, 0.717) is 23.5 Å². The van der Waals surface area contributed by atoms with E-state index in [0.717, 1.165) is 14.7 Å². The molecule has 8 heteroatoms. The minimum Gasteiger partial charge on any atom is -0.489 e. The molecule has 0 aromatic heterocycles. The highest BCUT2D eigenvalue weighted by atomic mass is 127. The van der Waals surface area contributed by atoms with Gasteiger partial charge in [0.25, 0.3) is 11.8 Å². The van der Waals surface area contributed by atoms with Crippen LogP contribution in [0.3, 0.4) is 0 Å². The molecule has 0 heterocycles. The number of halogens is 1. The largest absolute Gasteiger partial charge is 0.489 e. The quantitative estimate of drug-likeness (QED) is 0.256. The number of hydrogen-bond acceptors (Lipinski definition) is 4. The van der Waals surface area contributed by atoms with E-state index >= 15 is 0 Å².